The van der Waals surface area contributed by atoms with Crippen molar-refractivity contribution in [3.8, 4) is 0 Å². The van der Waals surface area contributed by atoms with Gasteiger partial charge in [-0.2, -0.15) is 0 Å². The number of carbonyl (C=O) groups excluding carboxylic acids is 1. The van der Waals surface area contributed by atoms with Gasteiger partial charge in [0.2, 0.25) is 0 Å². The summed E-state index contributed by atoms with van der Waals surface area (Å²) in [6, 6.07) is 9.10. The predicted molar refractivity (Wildman–Crippen MR) is 96.0 cm³/mol. The van der Waals surface area contributed by atoms with E-state index in [-0.39, 0.29) is 11.5 Å². The number of ether oxygens (including phenoxy) is 3. The van der Waals surface area contributed by atoms with E-state index in [1.165, 1.54) is 18.7 Å². The van der Waals surface area contributed by atoms with Gasteiger partial charge in [-0.05, 0) is 23.8 Å². The normalized spacial score (nSPS) is 28.8. The Balaban J connectivity index is 2.25. The lowest BCUT2D eigenvalue weighted by Crippen LogP contribution is -2.57. The summed E-state index contributed by atoms with van der Waals surface area (Å²) in [7, 11) is 0. The van der Waals surface area contributed by atoms with Gasteiger partial charge < -0.3 is 14.2 Å². The highest BCUT2D eigenvalue weighted by molar-refractivity contribution is 7.99. The van der Waals surface area contributed by atoms with Gasteiger partial charge in [-0.25, -0.2) is 0 Å². The Morgan fingerprint density at radius 2 is 2.08 bits per heavy atom. The second-order valence-electron chi connectivity index (χ2n) is 5.70. The average molecular weight is 365 g/mol. The van der Waals surface area contributed by atoms with Crippen LogP contribution in [0.3, 0.4) is 0 Å². The Kier molecular flexibility index (Phi) is 7.58. The van der Waals surface area contributed by atoms with E-state index in [0.717, 1.165) is 11.3 Å². The molecule has 1 aliphatic rings. The van der Waals surface area contributed by atoms with Crippen LogP contribution in [0.5, 0.6) is 0 Å². The minimum absolute atomic E-state index is 0.330. The van der Waals surface area contributed by atoms with Crippen molar-refractivity contribution >= 4 is 17.7 Å². The summed E-state index contributed by atoms with van der Waals surface area (Å²) in [5.74, 6) is 0.380. The van der Waals surface area contributed by atoms with Crippen LogP contribution in [0.1, 0.15) is 26.3 Å². The highest BCUT2D eigenvalue weighted by Gasteiger charge is 2.46. The Hall–Kier alpha value is -1.73. The summed E-state index contributed by atoms with van der Waals surface area (Å²) in [5, 5.41) is 3.84. The molecule has 1 aromatic rings. The summed E-state index contributed by atoms with van der Waals surface area (Å²) in [4.78, 5) is 14.5. The van der Waals surface area contributed by atoms with E-state index in [1.54, 1.807) is 0 Å². The van der Waals surface area contributed by atoms with Gasteiger partial charge in [-0.1, -0.05) is 42.4 Å². The molecular formula is C17H23N3O4S. The minimum Gasteiger partial charge on any atom is -0.456 e. The molecule has 1 aliphatic heterocycles. The number of rotatable bonds is 7. The van der Waals surface area contributed by atoms with Crippen LogP contribution in [0.25, 0.3) is 10.4 Å². The number of esters is 1. The number of benzene rings is 1. The summed E-state index contributed by atoms with van der Waals surface area (Å²) in [5.41, 5.74) is 9.53. The molecule has 25 heavy (non-hydrogen) atoms. The van der Waals surface area contributed by atoms with Crippen LogP contribution >= 0.6 is 11.8 Å². The quantitative estimate of drug-likeness (QED) is 0.318. The van der Waals surface area contributed by atoms with E-state index in [9.17, 15) is 4.79 Å². The fourth-order valence-corrected chi connectivity index (χ4v) is 3.76. The van der Waals surface area contributed by atoms with E-state index < -0.39 is 24.2 Å². The maximum absolute atomic E-state index is 11.6. The van der Waals surface area contributed by atoms with Gasteiger partial charge in [0.15, 0.2) is 6.10 Å². The van der Waals surface area contributed by atoms with Gasteiger partial charge in [0.25, 0.3) is 0 Å². The van der Waals surface area contributed by atoms with Gasteiger partial charge in [0.05, 0.1) is 18.8 Å². The van der Waals surface area contributed by atoms with Crippen LogP contribution in [0.2, 0.25) is 0 Å². The number of carbonyl (C=O) groups is 1. The van der Waals surface area contributed by atoms with Gasteiger partial charge >= 0.3 is 5.97 Å². The zero-order valence-corrected chi connectivity index (χ0v) is 15.4. The molecule has 0 N–H and O–H groups in total. The van der Waals surface area contributed by atoms with E-state index in [1.807, 2.05) is 44.2 Å². The van der Waals surface area contributed by atoms with Crippen molar-refractivity contribution < 1.29 is 19.0 Å². The molecule has 1 heterocycles. The molecule has 1 fully saturated rings. The van der Waals surface area contributed by atoms with Crippen LogP contribution < -0.4 is 0 Å². The first-order chi connectivity index (χ1) is 12.1. The fourth-order valence-electron chi connectivity index (χ4n) is 2.78. The Labute approximate surface area is 151 Å². The molecule has 1 aromatic carbocycles. The molecule has 2 rings (SSSR count). The molecule has 5 atom stereocenters. The first-order valence-corrected chi connectivity index (χ1v) is 9.25. The van der Waals surface area contributed by atoms with Gasteiger partial charge in [-0.15, -0.1) is 11.8 Å². The minimum atomic E-state index is -0.641. The molecule has 136 valence electrons. The van der Waals surface area contributed by atoms with Crippen molar-refractivity contribution in [2.75, 3.05) is 5.75 Å². The maximum atomic E-state index is 11.6. The van der Waals surface area contributed by atoms with E-state index in [4.69, 9.17) is 19.7 Å². The Morgan fingerprint density at radius 1 is 1.36 bits per heavy atom. The molecule has 0 bridgehead atoms. The molecule has 0 amide bonds. The second kappa shape index (κ2) is 9.68. The van der Waals surface area contributed by atoms with Gasteiger partial charge in [0.1, 0.15) is 11.5 Å². The SMILES string of the molecule is CCS[C@H]1O[C@H](C)[C@@H](N=[N+]=[N-])[C@H](OCc2ccccc2)[C@@H]1OC(C)=O. The van der Waals surface area contributed by atoms with Crippen molar-refractivity contribution in [3.63, 3.8) is 0 Å². The summed E-state index contributed by atoms with van der Waals surface area (Å²) < 4.78 is 17.5. The lowest BCUT2D eigenvalue weighted by atomic mass is 9.98. The largest absolute Gasteiger partial charge is 0.456 e. The van der Waals surface area contributed by atoms with Gasteiger partial charge in [-0.3, -0.25) is 4.79 Å². The number of thioether (sulfide) groups is 1. The van der Waals surface area contributed by atoms with Crippen molar-refractivity contribution in [1.29, 1.82) is 0 Å². The van der Waals surface area contributed by atoms with Crippen molar-refractivity contribution in [3.05, 3.63) is 46.3 Å². The number of nitrogens with zero attached hydrogens (tertiary/aromatic N) is 3. The number of azide groups is 1. The summed E-state index contributed by atoms with van der Waals surface area (Å²) in [6.07, 6.45) is -1.56. The zero-order valence-electron chi connectivity index (χ0n) is 14.6. The molecule has 8 heteroatoms. The molecule has 0 radical (unpaired) electrons. The molecule has 0 aliphatic carbocycles. The molecule has 0 aromatic heterocycles. The van der Waals surface area contributed by atoms with Crippen LogP contribution in [0.15, 0.2) is 35.4 Å². The van der Waals surface area contributed by atoms with Crippen LogP contribution in [-0.2, 0) is 25.6 Å². The zero-order chi connectivity index (χ0) is 18.2. The monoisotopic (exact) mass is 365 g/mol. The van der Waals surface area contributed by atoms with Crippen molar-refractivity contribution in [1.82, 2.24) is 0 Å². The third-order valence-electron chi connectivity index (χ3n) is 3.86. The average Bonchev–Trinajstić information content (AvgIpc) is 2.59. The molecular weight excluding hydrogens is 342 g/mol. The Morgan fingerprint density at radius 3 is 2.68 bits per heavy atom. The molecule has 0 unspecified atom stereocenters. The fraction of sp³-hybridized carbons (Fsp3) is 0.588. The van der Waals surface area contributed by atoms with Crippen LogP contribution in [-0.4, -0.2) is 41.5 Å². The second-order valence-corrected chi connectivity index (χ2v) is 7.07. The van der Waals surface area contributed by atoms with Crippen molar-refractivity contribution in [2.24, 2.45) is 5.11 Å². The van der Waals surface area contributed by atoms with Crippen LogP contribution in [0, 0.1) is 0 Å². The topological polar surface area (TPSA) is 93.5 Å². The van der Waals surface area contributed by atoms with Crippen molar-refractivity contribution in [2.45, 2.75) is 57.2 Å². The highest BCUT2D eigenvalue weighted by atomic mass is 32.2. The molecule has 0 saturated carbocycles. The number of hydrogen-bond donors (Lipinski definition) is 0. The van der Waals surface area contributed by atoms with E-state index in [0.29, 0.717) is 6.61 Å². The third kappa shape index (κ3) is 5.37. The number of hydrogen-bond acceptors (Lipinski definition) is 6. The van der Waals surface area contributed by atoms with E-state index >= 15 is 0 Å². The third-order valence-corrected chi connectivity index (χ3v) is 4.90. The Bertz CT molecular complexity index is 609. The maximum Gasteiger partial charge on any atom is 0.303 e. The van der Waals surface area contributed by atoms with Gasteiger partial charge in [0, 0.05) is 11.8 Å². The predicted octanol–water partition coefficient (Wildman–Crippen LogP) is 3.68. The van der Waals surface area contributed by atoms with E-state index in [2.05, 4.69) is 10.0 Å². The first-order valence-electron chi connectivity index (χ1n) is 8.20. The summed E-state index contributed by atoms with van der Waals surface area (Å²) in [6.45, 7) is 5.52. The lowest BCUT2D eigenvalue weighted by Gasteiger charge is -2.43. The smallest absolute Gasteiger partial charge is 0.303 e. The molecule has 7 nitrogen and oxygen atoms in total. The lowest BCUT2D eigenvalue weighted by molar-refractivity contribution is -0.192. The van der Waals surface area contributed by atoms with Crippen LogP contribution in [0.4, 0.5) is 0 Å². The summed E-state index contributed by atoms with van der Waals surface area (Å²) >= 11 is 1.54. The molecule has 1 saturated heterocycles. The highest BCUT2D eigenvalue weighted by Crippen LogP contribution is 2.34. The standard InChI is InChI=1S/C17H23N3O4S/c1-4-25-17-16(24-12(3)21)15(14(19-20-18)11(2)23-17)22-10-13-8-6-5-7-9-13/h5-9,11,14-17H,4,10H2,1-3H3/t11-,14-,15+,16+,17-/m1/s1. The molecule has 0 spiro atoms. The first kappa shape index (κ1) is 19.6.